The van der Waals surface area contributed by atoms with E-state index in [9.17, 15) is 14.0 Å². The molecule has 0 spiro atoms. The smallest absolute Gasteiger partial charge is 0.257 e. The Labute approximate surface area is 201 Å². The first kappa shape index (κ1) is 24.5. The lowest BCUT2D eigenvalue weighted by Crippen LogP contribution is -2.20. The van der Waals surface area contributed by atoms with Gasteiger partial charge in [0.25, 0.3) is 5.91 Å². The van der Waals surface area contributed by atoms with Crippen LogP contribution in [0.1, 0.15) is 26.3 Å². The quantitative estimate of drug-likeness (QED) is 0.243. The summed E-state index contributed by atoms with van der Waals surface area (Å²) in [5, 5.41) is 11.5. The van der Waals surface area contributed by atoms with Crippen LogP contribution in [0.2, 0.25) is 10.0 Å². The third kappa shape index (κ3) is 6.42. The van der Waals surface area contributed by atoms with Gasteiger partial charge in [0.2, 0.25) is 0 Å². The number of hydrogen-bond acceptors (Lipinski definition) is 4. The number of benzene rings is 3. The first-order valence-electron chi connectivity index (χ1n) is 9.99. The zero-order valence-electron chi connectivity index (χ0n) is 17.7. The van der Waals surface area contributed by atoms with Gasteiger partial charge in [-0.25, -0.2) is 4.39 Å². The molecule has 0 aromatic heterocycles. The van der Waals surface area contributed by atoms with Crippen molar-refractivity contribution < 1.29 is 19.1 Å². The molecule has 0 unspecified atom stereocenters. The van der Waals surface area contributed by atoms with E-state index in [1.807, 2.05) is 36.2 Å². The predicted molar refractivity (Wildman–Crippen MR) is 131 cm³/mol. The molecule has 0 heterocycles. The summed E-state index contributed by atoms with van der Waals surface area (Å²) in [4.78, 5) is 26.8. The van der Waals surface area contributed by atoms with Crippen LogP contribution in [0.3, 0.4) is 0 Å². The fourth-order valence-electron chi connectivity index (χ4n) is 3.00. The second kappa shape index (κ2) is 11.1. The van der Waals surface area contributed by atoms with Crippen LogP contribution in [0.15, 0.2) is 66.7 Å². The van der Waals surface area contributed by atoms with E-state index in [0.717, 1.165) is 17.3 Å². The van der Waals surface area contributed by atoms with Crippen molar-refractivity contribution in [2.24, 2.45) is 0 Å². The van der Waals surface area contributed by atoms with Crippen molar-refractivity contribution >= 4 is 52.3 Å². The Hall–Kier alpha value is -3.19. The van der Waals surface area contributed by atoms with Crippen LogP contribution in [0.4, 0.5) is 15.8 Å². The maximum atomic E-state index is 13.7. The number of nitrogens with zero attached hydrogens (tertiary/aromatic N) is 1. The number of halogens is 3. The van der Waals surface area contributed by atoms with Crippen molar-refractivity contribution in [3.05, 3.63) is 99.3 Å². The maximum absolute atomic E-state index is 13.7. The van der Waals surface area contributed by atoms with Crippen LogP contribution in [-0.4, -0.2) is 37.0 Å². The molecule has 0 fully saturated rings. The molecule has 33 heavy (non-hydrogen) atoms. The first-order chi connectivity index (χ1) is 15.8. The number of carbonyl (C=O) groups is 2. The minimum Gasteiger partial charge on any atom is -0.395 e. The molecular formula is C25H21Cl2FN2O3. The van der Waals surface area contributed by atoms with Crippen molar-refractivity contribution in [2.45, 2.75) is 0 Å². The average molecular weight is 487 g/mol. The van der Waals surface area contributed by atoms with E-state index in [4.69, 9.17) is 28.3 Å². The highest BCUT2D eigenvalue weighted by Crippen LogP contribution is 2.25. The normalized spacial score (nSPS) is 10.9. The monoisotopic (exact) mass is 486 g/mol. The number of likely N-dealkylation sites (N-methyl/N-ethyl adjacent to an activating group) is 1. The van der Waals surface area contributed by atoms with Gasteiger partial charge in [-0.05, 0) is 60.2 Å². The zero-order chi connectivity index (χ0) is 24.0. The number of aliphatic hydroxyl groups is 1. The van der Waals surface area contributed by atoms with E-state index in [1.54, 1.807) is 30.3 Å². The van der Waals surface area contributed by atoms with Gasteiger partial charge in [0, 0.05) is 30.5 Å². The molecule has 170 valence electrons. The third-order valence-electron chi connectivity index (χ3n) is 4.88. The summed E-state index contributed by atoms with van der Waals surface area (Å²) in [6.45, 7) is 0.607. The van der Waals surface area contributed by atoms with Crippen LogP contribution in [-0.2, 0) is 0 Å². The Kier molecular flexibility index (Phi) is 8.22. The van der Waals surface area contributed by atoms with Gasteiger partial charge < -0.3 is 15.3 Å². The summed E-state index contributed by atoms with van der Waals surface area (Å²) in [7, 11) is 1.89. The summed E-state index contributed by atoms with van der Waals surface area (Å²) >= 11 is 11.6. The van der Waals surface area contributed by atoms with E-state index < -0.39 is 11.7 Å². The summed E-state index contributed by atoms with van der Waals surface area (Å²) in [5.74, 6) is -1.54. The molecule has 0 atom stereocenters. The highest BCUT2D eigenvalue weighted by molar-refractivity contribution is 6.37. The molecule has 0 aliphatic heterocycles. The Bertz CT molecular complexity index is 1180. The van der Waals surface area contributed by atoms with Crippen molar-refractivity contribution in [3.8, 4) is 0 Å². The van der Waals surface area contributed by atoms with Crippen molar-refractivity contribution in [1.29, 1.82) is 0 Å². The number of rotatable bonds is 8. The minimum absolute atomic E-state index is 0.0314. The van der Waals surface area contributed by atoms with Crippen LogP contribution >= 0.6 is 23.2 Å². The molecule has 0 radical (unpaired) electrons. The number of nitrogens with one attached hydrogen (secondary N) is 1. The summed E-state index contributed by atoms with van der Waals surface area (Å²) in [6.07, 6.45) is 3.18. The van der Waals surface area contributed by atoms with Crippen LogP contribution in [0.5, 0.6) is 0 Å². The van der Waals surface area contributed by atoms with Gasteiger partial charge >= 0.3 is 0 Å². The highest BCUT2D eigenvalue weighted by atomic mass is 35.5. The van der Waals surface area contributed by atoms with E-state index in [0.29, 0.717) is 17.8 Å². The maximum Gasteiger partial charge on any atom is 0.257 e. The molecule has 0 saturated carbocycles. The molecule has 5 nitrogen and oxygen atoms in total. The number of carbonyl (C=O) groups excluding carboxylic acids is 2. The van der Waals surface area contributed by atoms with Gasteiger partial charge in [0.15, 0.2) is 5.78 Å². The first-order valence-corrected chi connectivity index (χ1v) is 10.7. The summed E-state index contributed by atoms with van der Waals surface area (Å²) < 4.78 is 13.7. The second-order valence-electron chi connectivity index (χ2n) is 7.21. The largest absolute Gasteiger partial charge is 0.395 e. The third-order valence-corrected chi connectivity index (χ3v) is 5.48. The number of anilines is 2. The highest BCUT2D eigenvalue weighted by Gasteiger charge is 2.14. The Balaban J connectivity index is 1.63. The second-order valence-corrected chi connectivity index (χ2v) is 8.03. The SMILES string of the molecule is CN(CCO)c1ccc(/C=C/C(=O)c2ccc(NC(=O)c3cc(F)c(Cl)cc3Cl)cc2)cc1. The summed E-state index contributed by atoms with van der Waals surface area (Å²) in [5.41, 5.74) is 2.65. The lowest BCUT2D eigenvalue weighted by molar-refractivity contribution is 0.102. The van der Waals surface area contributed by atoms with Gasteiger partial charge in [0.1, 0.15) is 5.82 Å². The Morgan fingerprint density at radius 3 is 2.33 bits per heavy atom. The van der Waals surface area contributed by atoms with Crippen molar-refractivity contribution in [3.63, 3.8) is 0 Å². The van der Waals surface area contributed by atoms with Gasteiger partial charge in [-0.3, -0.25) is 9.59 Å². The molecule has 0 aliphatic carbocycles. The number of allylic oxidation sites excluding steroid dienone is 1. The van der Waals surface area contributed by atoms with Gasteiger partial charge in [-0.1, -0.05) is 41.4 Å². The standard InChI is InChI=1S/C25H21Cl2FN2O3/c1-30(12-13-31)19-9-2-16(3-10-19)4-11-24(32)17-5-7-18(8-6-17)29-25(33)20-14-23(28)22(27)15-21(20)26/h2-11,14-15,31H,12-13H2,1H3,(H,29,33)/b11-4+. The lowest BCUT2D eigenvalue weighted by Gasteiger charge is -2.17. The fraction of sp³-hybridized carbons (Fsp3) is 0.120. The minimum atomic E-state index is -0.745. The van der Waals surface area contributed by atoms with Crippen molar-refractivity contribution in [1.82, 2.24) is 0 Å². The molecule has 0 bridgehead atoms. The van der Waals surface area contributed by atoms with Gasteiger partial charge in [0.05, 0.1) is 22.2 Å². The van der Waals surface area contributed by atoms with E-state index in [-0.39, 0.29) is 28.0 Å². The average Bonchev–Trinajstić information content (AvgIpc) is 2.80. The molecule has 8 heteroatoms. The molecular weight excluding hydrogens is 466 g/mol. The Morgan fingerprint density at radius 2 is 1.70 bits per heavy atom. The van der Waals surface area contributed by atoms with E-state index >= 15 is 0 Å². The molecule has 2 N–H and O–H groups in total. The molecule has 3 aromatic carbocycles. The summed E-state index contributed by atoms with van der Waals surface area (Å²) in [6, 6.07) is 16.1. The van der Waals surface area contributed by atoms with E-state index in [2.05, 4.69) is 5.32 Å². The van der Waals surface area contributed by atoms with Gasteiger partial charge in [-0.15, -0.1) is 0 Å². The van der Waals surface area contributed by atoms with E-state index in [1.165, 1.54) is 12.1 Å². The van der Waals surface area contributed by atoms with Crippen LogP contribution < -0.4 is 10.2 Å². The lowest BCUT2D eigenvalue weighted by atomic mass is 10.1. The molecule has 1 amide bonds. The topological polar surface area (TPSA) is 69.6 Å². The molecule has 3 rings (SSSR count). The fourth-order valence-corrected chi connectivity index (χ4v) is 3.47. The number of hydrogen-bond donors (Lipinski definition) is 2. The molecule has 0 aliphatic rings. The predicted octanol–water partition coefficient (Wildman–Crippen LogP) is 5.71. The van der Waals surface area contributed by atoms with Crippen molar-refractivity contribution in [2.75, 3.05) is 30.4 Å². The van der Waals surface area contributed by atoms with Crippen LogP contribution in [0, 0.1) is 5.82 Å². The van der Waals surface area contributed by atoms with Gasteiger partial charge in [-0.2, -0.15) is 0 Å². The molecule has 0 saturated heterocycles. The Morgan fingerprint density at radius 1 is 1.03 bits per heavy atom. The number of aliphatic hydroxyl groups excluding tert-OH is 1. The zero-order valence-corrected chi connectivity index (χ0v) is 19.2. The number of amides is 1. The molecule has 3 aromatic rings. The van der Waals surface area contributed by atoms with Crippen LogP contribution in [0.25, 0.3) is 6.08 Å². The number of ketones is 1.